The highest BCUT2D eigenvalue weighted by molar-refractivity contribution is 7.89. The average Bonchev–Trinajstić information content (AvgIpc) is 3.25. The molecule has 1 saturated heterocycles. The van der Waals surface area contributed by atoms with Crippen LogP contribution in [0.5, 0.6) is 5.75 Å². The first kappa shape index (κ1) is 22.7. The van der Waals surface area contributed by atoms with Gasteiger partial charge in [-0.15, -0.1) is 0 Å². The fourth-order valence-electron chi connectivity index (χ4n) is 3.41. The maximum Gasteiger partial charge on any atom is 0.243 e. The topological polar surface area (TPSA) is 88.8 Å². The maximum absolute atomic E-state index is 13.4. The van der Waals surface area contributed by atoms with Crippen LogP contribution in [0.15, 0.2) is 51.9 Å². The van der Waals surface area contributed by atoms with Gasteiger partial charge in [-0.05, 0) is 49.4 Å². The molecule has 1 aromatic heterocycles. The molecule has 1 aliphatic heterocycles. The number of hydrogen-bond acceptors (Lipinski definition) is 7. The molecule has 4 rings (SSSR count). The van der Waals surface area contributed by atoms with Crippen molar-refractivity contribution >= 4 is 21.6 Å². The van der Waals surface area contributed by atoms with Gasteiger partial charge >= 0.3 is 0 Å². The Morgan fingerprint density at radius 2 is 1.84 bits per heavy atom. The van der Waals surface area contributed by atoms with Crippen molar-refractivity contribution in [1.29, 1.82) is 0 Å². The Bertz CT molecular complexity index is 1180. The van der Waals surface area contributed by atoms with Crippen molar-refractivity contribution in [2.75, 3.05) is 32.8 Å². The van der Waals surface area contributed by atoms with Crippen molar-refractivity contribution < 1.29 is 22.1 Å². The van der Waals surface area contributed by atoms with Crippen molar-refractivity contribution in [2.24, 2.45) is 0 Å². The van der Waals surface area contributed by atoms with Gasteiger partial charge in [0.15, 0.2) is 0 Å². The number of piperazine rings is 1. The lowest BCUT2D eigenvalue weighted by molar-refractivity contribution is 0.163. The van der Waals surface area contributed by atoms with E-state index >= 15 is 0 Å². The Kier molecular flexibility index (Phi) is 6.75. The summed E-state index contributed by atoms with van der Waals surface area (Å²) in [4.78, 5) is 6.46. The lowest BCUT2D eigenvalue weighted by Crippen LogP contribution is -2.48. The van der Waals surface area contributed by atoms with E-state index < -0.39 is 15.8 Å². The first-order chi connectivity index (χ1) is 15.4. The third kappa shape index (κ3) is 4.93. The van der Waals surface area contributed by atoms with Gasteiger partial charge in [0.1, 0.15) is 11.6 Å². The number of halogens is 2. The van der Waals surface area contributed by atoms with E-state index in [1.807, 2.05) is 36.1 Å². The molecule has 3 aromatic rings. The Hall–Kier alpha value is -2.53. The molecule has 0 N–H and O–H groups in total. The molecule has 0 unspecified atom stereocenters. The lowest BCUT2D eigenvalue weighted by Gasteiger charge is -2.33. The minimum atomic E-state index is -3.74. The minimum absolute atomic E-state index is 0.0192. The van der Waals surface area contributed by atoms with E-state index in [9.17, 15) is 12.8 Å². The first-order valence-electron chi connectivity index (χ1n) is 10.1. The molecule has 11 heteroatoms. The summed E-state index contributed by atoms with van der Waals surface area (Å²) in [6, 6.07) is 10.9. The van der Waals surface area contributed by atoms with Gasteiger partial charge in [-0.3, -0.25) is 4.90 Å². The Labute approximate surface area is 190 Å². The number of rotatable bonds is 7. The molecule has 170 valence electrons. The third-order valence-corrected chi connectivity index (χ3v) is 7.29. The van der Waals surface area contributed by atoms with Crippen molar-refractivity contribution in [3.05, 3.63) is 59.2 Å². The molecule has 0 aliphatic carbocycles. The summed E-state index contributed by atoms with van der Waals surface area (Å²) in [7, 11) is -3.74. The number of ether oxygens (including phenoxy) is 1. The second-order valence-electron chi connectivity index (χ2n) is 7.23. The highest BCUT2D eigenvalue weighted by atomic mass is 35.5. The van der Waals surface area contributed by atoms with E-state index in [1.54, 1.807) is 0 Å². The molecule has 0 spiro atoms. The van der Waals surface area contributed by atoms with E-state index in [0.717, 1.165) is 23.4 Å². The molecule has 0 bridgehead atoms. The van der Waals surface area contributed by atoms with Crippen LogP contribution < -0.4 is 4.74 Å². The molecule has 1 fully saturated rings. The standard InChI is InChI=1S/C21H22ClFN4O4S/c1-2-30-16-5-3-15(4-6-16)21-24-20(31-25-21)14-26-9-11-27(12-10-26)32(28,29)17-7-8-19(23)18(22)13-17/h3-8,13H,2,9-12,14H2,1H3. The SMILES string of the molecule is CCOc1ccc(-c2noc(CN3CCN(S(=O)(=O)c4ccc(F)c(Cl)c4)CC3)n2)cc1. The van der Waals surface area contributed by atoms with Gasteiger partial charge < -0.3 is 9.26 Å². The molecule has 2 heterocycles. The van der Waals surface area contributed by atoms with E-state index in [1.165, 1.54) is 10.4 Å². The first-order valence-corrected chi connectivity index (χ1v) is 11.9. The number of hydrogen-bond donors (Lipinski definition) is 0. The quantitative estimate of drug-likeness (QED) is 0.511. The second kappa shape index (κ2) is 9.53. The summed E-state index contributed by atoms with van der Waals surface area (Å²) in [5.41, 5.74) is 0.817. The fourth-order valence-corrected chi connectivity index (χ4v) is 5.10. The van der Waals surface area contributed by atoms with Gasteiger partial charge in [0.2, 0.25) is 21.7 Å². The Morgan fingerprint density at radius 1 is 1.12 bits per heavy atom. The van der Waals surface area contributed by atoms with Gasteiger partial charge in [0.05, 0.1) is 23.1 Å². The highest BCUT2D eigenvalue weighted by Crippen LogP contribution is 2.24. The van der Waals surface area contributed by atoms with Crippen molar-refractivity contribution in [3.8, 4) is 17.1 Å². The van der Waals surface area contributed by atoms with Crippen LogP contribution in [0.25, 0.3) is 11.4 Å². The zero-order valence-electron chi connectivity index (χ0n) is 17.4. The van der Waals surface area contributed by atoms with Crippen LogP contribution in [0, 0.1) is 5.82 Å². The van der Waals surface area contributed by atoms with Crippen LogP contribution in [0.1, 0.15) is 12.8 Å². The van der Waals surface area contributed by atoms with E-state index in [-0.39, 0.29) is 23.0 Å². The zero-order chi connectivity index (χ0) is 22.7. The summed E-state index contributed by atoms with van der Waals surface area (Å²) in [6.07, 6.45) is 0. The maximum atomic E-state index is 13.4. The molecule has 32 heavy (non-hydrogen) atoms. The summed E-state index contributed by atoms with van der Waals surface area (Å²) in [6.45, 7) is 4.50. The highest BCUT2D eigenvalue weighted by Gasteiger charge is 2.29. The fraction of sp³-hybridized carbons (Fsp3) is 0.333. The summed E-state index contributed by atoms with van der Waals surface area (Å²) in [5.74, 6) is 1.06. The smallest absolute Gasteiger partial charge is 0.243 e. The summed E-state index contributed by atoms with van der Waals surface area (Å²) < 4.78 is 51.2. The van der Waals surface area contributed by atoms with Crippen molar-refractivity contribution in [3.63, 3.8) is 0 Å². The largest absolute Gasteiger partial charge is 0.494 e. The molecular formula is C21H22ClFN4O4S. The van der Waals surface area contributed by atoms with Gasteiger partial charge in [-0.25, -0.2) is 12.8 Å². The van der Waals surface area contributed by atoms with Crippen LogP contribution >= 0.6 is 11.6 Å². The van der Waals surface area contributed by atoms with Gasteiger partial charge in [-0.2, -0.15) is 9.29 Å². The Morgan fingerprint density at radius 3 is 2.50 bits per heavy atom. The Balaban J connectivity index is 1.35. The number of nitrogens with zero attached hydrogens (tertiary/aromatic N) is 4. The predicted molar refractivity (Wildman–Crippen MR) is 116 cm³/mol. The third-order valence-electron chi connectivity index (χ3n) is 5.11. The lowest BCUT2D eigenvalue weighted by atomic mass is 10.2. The monoisotopic (exact) mass is 480 g/mol. The number of sulfonamides is 1. The molecule has 8 nitrogen and oxygen atoms in total. The summed E-state index contributed by atoms with van der Waals surface area (Å²) in [5, 5.41) is 3.82. The molecule has 0 amide bonds. The van der Waals surface area contributed by atoms with E-state index in [0.29, 0.717) is 38.0 Å². The normalized spacial score (nSPS) is 15.7. The number of aromatic nitrogens is 2. The van der Waals surface area contributed by atoms with Crippen LogP contribution in [0.3, 0.4) is 0 Å². The van der Waals surface area contributed by atoms with Gasteiger partial charge in [-0.1, -0.05) is 16.8 Å². The van der Waals surface area contributed by atoms with Crippen LogP contribution in [0.2, 0.25) is 5.02 Å². The van der Waals surface area contributed by atoms with E-state index in [4.69, 9.17) is 20.9 Å². The van der Waals surface area contributed by atoms with Crippen LogP contribution in [-0.4, -0.2) is 60.5 Å². The van der Waals surface area contributed by atoms with E-state index in [2.05, 4.69) is 10.1 Å². The molecule has 2 aromatic carbocycles. The van der Waals surface area contributed by atoms with Crippen LogP contribution in [-0.2, 0) is 16.6 Å². The molecule has 1 aliphatic rings. The molecular weight excluding hydrogens is 459 g/mol. The number of benzene rings is 2. The van der Waals surface area contributed by atoms with Crippen LogP contribution in [0.4, 0.5) is 4.39 Å². The minimum Gasteiger partial charge on any atom is -0.494 e. The van der Waals surface area contributed by atoms with Crippen molar-refractivity contribution in [1.82, 2.24) is 19.3 Å². The molecule has 0 saturated carbocycles. The van der Waals surface area contributed by atoms with Gasteiger partial charge in [0.25, 0.3) is 0 Å². The van der Waals surface area contributed by atoms with Gasteiger partial charge in [0, 0.05) is 31.7 Å². The molecule has 0 atom stereocenters. The summed E-state index contributed by atoms with van der Waals surface area (Å²) >= 11 is 5.74. The zero-order valence-corrected chi connectivity index (χ0v) is 18.9. The second-order valence-corrected chi connectivity index (χ2v) is 9.57. The predicted octanol–water partition coefficient (Wildman–Crippen LogP) is 3.43. The van der Waals surface area contributed by atoms with Crippen molar-refractivity contribution in [2.45, 2.75) is 18.4 Å². The average molecular weight is 481 g/mol. The molecule has 0 radical (unpaired) electrons.